The van der Waals surface area contributed by atoms with E-state index in [1.54, 1.807) is 119 Å². The van der Waals surface area contributed by atoms with Gasteiger partial charge in [-0.15, -0.1) is 35.8 Å². The molecule has 6 amide bonds. The molecular weight excluding hydrogens is 1200 g/mol. The lowest BCUT2D eigenvalue weighted by molar-refractivity contribution is -0.205. The number of rotatable bonds is 20. The zero-order chi connectivity index (χ0) is 64.6. The predicted octanol–water partition coefficient (Wildman–Crippen LogP) is 8.46. The van der Waals surface area contributed by atoms with Crippen LogP contribution in [-0.2, 0) is 72.3 Å². The molecule has 2 aromatic heterocycles. The van der Waals surface area contributed by atoms with E-state index in [1.807, 2.05) is 104 Å². The van der Waals surface area contributed by atoms with Gasteiger partial charge in [-0.05, 0) is 96.5 Å². The van der Waals surface area contributed by atoms with Crippen molar-refractivity contribution in [1.29, 1.82) is 0 Å². The molecule has 1 unspecified atom stereocenters. The lowest BCUT2D eigenvalue weighted by atomic mass is 9.98. The highest BCUT2D eigenvalue weighted by molar-refractivity contribution is 7.20. The number of phenols is 2. The Labute approximate surface area is 541 Å². The third kappa shape index (κ3) is 14.1. The molecule has 4 aliphatic heterocycles. The number of hydrogen-bond acceptors (Lipinski definition) is 16. The van der Waals surface area contributed by atoms with Gasteiger partial charge in [0.05, 0.1) is 58.2 Å². The van der Waals surface area contributed by atoms with Gasteiger partial charge < -0.3 is 34.5 Å². The molecule has 0 aliphatic carbocycles. The minimum Gasteiger partial charge on any atom is -0.508 e. The summed E-state index contributed by atoms with van der Waals surface area (Å²) in [6.45, 7) is 12.8. The first kappa shape index (κ1) is 63.9. The average molecular weight is 1280 g/mol. The zero-order valence-corrected chi connectivity index (χ0v) is 52.9. The van der Waals surface area contributed by atoms with Crippen LogP contribution in [0.1, 0.15) is 68.0 Å². The summed E-state index contributed by atoms with van der Waals surface area (Å²) in [7, 11) is 0. The number of amides is 6. The summed E-state index contributed by atoms with van der Waals surface area (Å²) in [6.07, 6.45) is 3.89. The van der Waals surface area contributed by atoms with Crippen molar-refractivity contribution in [3.8, 4) is 11.5 Å². The number of nitrogens with zero attached hydrogens (tertiary/aromatic N) is 10. The van der Waals surface area contributed by atoms with Crippen molar-refractivity contribution < 1.29 is 48.5 Å². The molecule has 6 aromatic carbocycles. The minimum absolute atomic E-state index is 0.0314. The molecule has 4 fully saturated rings. The number of phenolic OH excluding ortho intramolecular Hbond substituents is 2. The number of hydrazine groups is 2. The second-order valence-electron chi connectivity index (χ2n) is 23.0. The standard InChI is InChI=1S/C36H37N5O6S.C34H35N5O4S/c1-3-19-39-23-32(44)40-28(20-25-13-16-27(42)17-14-25)35(45)38(22-30(40)41(39)31(43)18-15-24-9-6-5-7-10-24)21-26-11-8-12-29-33(26)37-34(48-29)36(46)47-4-2;1-3-18-37-22-32(42)38-28(19-25-12-15-27(40)16-13-25)34(43)36(20-26-10-7-11-29-33(26)35-23(2)44-29)21-30(38)39(37)31(41)17-14-24-8-5-4-6-9-24/h3,5-14,16-17,28,30,42H,1,4,15,18-23H2,2H3;3-13,15-16,28,30,40H,1,14,17-22H2,2H3/t28-,30-;28-,30?/m00/s1. The summed E-state index contributed by atoms with van der Waals surface area (Å²) in [6, 6.07) is 42.6. The maximum Gasteiger partial charge on any atom is 0.367 e. The number of aromatic hydroxyl groups is 2. The highest BCUT2D eigenvalue weighted by Crippen LogP contribution is 2.35. The van der Waals surface area contributed by atoms with Crippen LogP contribution in [-0.4, -0.2) is 172 Å². The van der Waals surface area contributed by atoms with Crippen molar-refractivity contribution in [2.75, 3.05) is 45.9 Å². The summed E-state index contributed by atoms with van der Waals surface area (Å²) in [5, 5.41) is 27.7. The molecule has 12 rings (SSSR count). The SMILES string of the molecule is C=CCN1CC(=O)N2C(CN(Cc3cccc4sc(C)nc34)C(=O)[C@@H]2Cc2ccc(O)cc2)N1C(=O)CCc1ccccc1.C=CCN1CC(=O)N2[C@@H](Cc3ccc(O)cc3)C(=O)N(Cc3cccc4sc(C(=O)OCC)nc34)C[C@@H]2N1C(=O)CCc1ccccc1. The van der Waals surface area contributed by atoms with Gasteiger partial charge in [-0.3, -0.25) is 28.8 Å². The first-order valence-electron chi connectivity index (χ1n) is 30.7. The van der Waals surface area contributed by atoms with E-state index < -0.39 is 30.4 Å². The number of aryl methyl sites for hydroxylation is 3. The molecule has 4 atom stereocenters. The minimum atomic E-state index is -0.902. The highest BCUT2D eigenvalue weighted by Gasteiger charge is 2.53. The number of benzene rings is 6. The first-order valence-corrected chi connectivity index (χ1v) is 32.3. The molecule has 6 heterocycles. The highest BCUT2D eigenvalue weighted by atomic mass is 32.1. The van der Waals surface area contributed by atoms with Crippen LogP contribution < -0.4 is 0 Å². The van der Waals surface area contributed by atoms with Crippen LogP contribution in [0.15, 0.2) is 171 Å². The van der Waals surface area contributed by atoms with Crippen LogP contribution in [0.3, 0.4) is 0 Å². The van der Waals surface area contributed by atoms with E-state index >= 15 is 0 Å². The molecule has 20 nitrogen and oxygen atoms in total. The van der Waals surface area contributed by atoms with Gasteiger partial charge in [0.15, 0.2) is 0 Å². The molecule has 4 saturated heterocycles. The van der Waals surface area contributed by atoms with E-state index in [4.69, 9.17) is 9.72 Å². The van der Waals surface area contributed by atoms with Gasteiger partial charge in [0, 0.05) is 51.9 Å². The smallest absolute Gasteiger partial charge is 0.367 e. The van der Waals surface area contributed by atoms with Crippen LogP contribution >= 0.6 is 22.7 Å². The Hall–Kier alpha value is -9.61. The lowest BCUT2D eigenvalue weighted by Crippen LogP contribution is -2.75. The Morgan fingerprint density at radius 2 is 1.00 bits per heavy atom. The first-order chi connectivity index (χ1) is 44.6. The quantitative estimate of drug-likeness (QED) is 0.0540. The maximum atomic E-state index is 14.4. The molecular formula is C70H72N10O10S2. The van der Waals surface area contributed by atoms with Crippen LogP contribution in [0.25, 0.3) is 20.4 Å². The number of aromatic nitrogens is 2. The molecule has 8 aromatic rings. The molecule has 0 saturated carbocycles. The van der Waals surface area contributed by atoms with Crippen molar-refractivity contribution in [2.45, 2.75) is 89.9 Å². The van der Waals surface area contributed by atoms with Gasteiger partial charge in [0.2, 0.25) is 40.5 Å². The largest absolute Gasteiger partial charge is 0.508 e. The van der Waals surface area contributed by atoms with E-state index in [0.717, 1.165) is 53.3 Å². The number of para-hydroxylation sites is 2. The molecule has 0 spiro atoms. The predicted molar refractivity (Wildman–Crippen MR) is 350 cm³/mol. The van der Waals surface area contributed by atoms with Gasteiger partial charge in [-0.1, -0.05) is 121 Å². The second kappa shape index (κ2) is 28.7. The van der Waals surface area contributed by atoms with E-state index in [2.05, 4.69) is 18.1 Å². The summed E-state index contributed by atoms with van der Waals surface area (Å²) < 4.78 is 7.00. The van der Waals surface area contributed by atoms with E-state index in [9.17, 15) is 43.8 Å². The van der Waals surface area contributed by atoms with Crippen LogP contribution in [0, 0.1) is 6.92 Å². The number of ether oxygens (including phenoxy) is 1. The number of esters is 1. The van der Waals surface area contributed by atoms with Crippen molar-refractivity contribution in [3.63, 3.8) is 0 Å². The zero-order valence-electron chi connectivity index (χ0n) is 51.3. The molecule has 2 N–H and O–H groups in total. The van der Waals surface area contributed by atoms with Crippen LogP contribution in [0.4, 0.5) is 0 Å². The van der Waals surface area contributed by atoms with Crippen LogP contribution in [0.2, 0.25) is 0 Å². The van der Waals surface area contributed by atoms with Crippen LogP contribution in [0.5, 0.6) is 11.5 Å². The van der Waals surface area contributed by atoms with Gasteiger partial charge in [-0.2, -0.15) is 0 Å². The Morgan fingerprint density at radius 1 is 0.565 bits per heavy atom. The normalized spacial score (nSPS) is 18.6. The second-order valence-corrected chi connectivity index (χ2v) is 25.3. The van der Waals surface area contributed by atoms with Crippen molar-refractivity contribution in [3.05, 3.63) is 214 Å². The van der Waals surface area contributed by atoms with Gasteiger partial charge in [0.25, 0.3) is 0 Å². The fraction of sp³-hybridized carbons (Fsp3) is 0.300. The Morgan fingerprint density at radius 3 is 1.43 bits per heavy atom. The number of piperazine rings is 2. The van der Waals surface area contributed by atoms with E-state index in [1.165, 1.54) is 11.3 Å². The lowest BCUT2D eigenvalue weighted by Gasteiger charge is -2.55. The number of thiazole rings is 2. The summed E-state index contributed by atoms with van der Waals surface area (Å²) >= 11 is 2.83. The third-order valence-electron chi connectivity index (χ3n) is 16.8. The summed E-state index contributed by atoms with van der Waals surface area (Å²) in [5.41, 5.74) is 6.76. The third-order valence-corrected chi connectivity index (χ3v) is 18.7. The fourth-order valence-electron chi connectivity index (χ4n) is 12.6. The number of carbonyl (C=O) groups is 7. The molecule has 92 heavy (non-hydrogen) atoms. The Kier molecular flexibility index (Phi) is 19.9. The number of carbonyl (C=O) groups excluding carboxylic acids is 7. The van der Waals surface area contributed by atoms with Gasteiger partial charge in [0.1, 0.15) is 35.9 Å². The summed E-state index contributed by atoms with van der Waals surface area (Å²) in [5.74, 6) is -1.48. The maximum absolute atomic E-state index is 14.4. The molecule has 474 valence electrons. The fourth-order valence-corrected chi connectivity index (χ4v) is 14.4. The summed E-state index contributed by atoms with van der Waals surface area (Å²) in [4.78, 5) is 113. The van der Waals surface area contributed by atoms with E-state index in [-0.39, 0.29) is 124 Å². The van der Waals surface area contributed by atoms with Gasteiger partial charge >= 0.3 is 5.97 Å². The molecule has 4 aliphatic rings. The van der Waals surface area contributed by atoms with Gasteiger partial charge in [-0.25, -0.2) is 34.8 Å². The molecule has 0 bridgehead atoms. The molecule has 0 radical (unpaired) electrons. The number of fused-ring (bicyclic) bond motifs is 4. The monoisotopic (exact) mass is 1280 g/mol. The Bertz CT molecular complexity index is 4030. The van der Waals surface area contributed by atoms with E-state index in [0.29, 0.717) is 31.4 Å². The van der Waals surface area contributed by atoms with Crippen molar-refractivity contribution in [1.82, 2.24) is 49.6 Å². The van der Waals surface area contributed by atoms with Crippen molar-refractivity contribution >= 4 is 84.5 Å². The topological polar surface area (TPSA) is 221 Å². The number of hydrogen-bond donors (Lipinski definition) is 2. The molecule has 22 heteroatoms. The Balaban J connectivity index is 0.000000189. The average Bonchev–Trinajstić information content (AvgIpc) is 0.927. The van der Waals surface area contributed by atoms with Crippen molar-refractivity contribution in [2.24, 2.45) is 0 Å².